The number of nitriles is 1. The molecule has 1 aliphatic carbocycles. The van der Waals surface area contributed by atoms with Crippen molar-refractivity contribution in [1.29, 1.82) is 5.26 Å². The van der Waals surface area contributed by atoms with Crippen LogP contribution in [0.15, 0.2) is 18.3 Å². The van der Waals surface area contributed by atoms with Crippen molar-refractivity contribution >= 4 is 22.2 Å². The molecule has 25 heavy (non-hydrogen) atoms. The van der Waals surface area contributed by atoms with Gasteiger partial charge in [-0.2, -0.15) is 5.26 Å². The molecule has 5 nitrogen and oxygen atoms in total. The molecule has 2 aromatic rings. The average molecular weight is 354 g/mol. The first kappa shape index (κ1) is 16.4. The molecular weight excluding hydrogens is 332 g/mol. The molecule has 2 aromatic heterocycles. The second-order valence-electron chi connectivity index (χ2n) is 6.89. The molecule has 1 atom stereocenters. The topological polar surface area (TPSA) is 61.1 Å². The summed E-state index contributed by atoms with van der Waals surface area (Å²) in [6.45, 7) is 1.32. The van der Waals surface area contributed by atoms with Crippen molar-refractivity contribution in [3.8, 4) is 6.07 Å². The number of amides is 1. The normalized spacial score (nSPS) is 19.8. The Bertz CT molecular complexity index is 844. The Balaban J connectivity index is 1.46. The maximum atomic E-state index is 12.6. The van der Waals surface area contributed by atoms with Crippen molar-refractivity contribution in [3.05, 3.63) is 40.0 Å². The largest absolute Gasteiger partial charge is 0.353 e. The van der Waals surface area contributed by atoms with Crippen molar-refractivity contribution in [2.45, 2.75) is 38.1 Å². The number of hydrogen-bond donors (Lipinski definition) is 1. The smallest absolute Gasteiger partial charge is 0.239 e. The third-order valence-corrected chi connectivity index (χ3v) is 6.53. The molecule has 2 aliphatic rings. The Kier molecular flexibility index (Phi) is 4.36. The van der Waals surface area contributed by atoms with Crippen LogP contribution in [0.5, 0.6) is 0 Å². The molecule has 0 unspecified atom stereocenters. The third kappa shape index (κ3) is 2.99. The van der Waals surface area contributed by atoms with Gasteiger partial charge in [-0.3, -0.25) is 9.69 Å². The molecule has 0 radical (unpaired) electrons. The van der Waals surface area contributed by atoms with E-state index in [-0.39, 0.29) is 5.91 Å². The minimum atomic E-state index is -0.0162. The van der Waals surface area contributed by atoms with Crippen LogP contribution in [0.25, 0.3) is 0 Å². The first-order valence-corrected chi connectivity index (χ1v) is 9.69. The molecule has 0 saturated carbocycles. The highest BCUT2D eigenvalue weighted by Gasteiger charge is 2.30. The maximum Gasteiger partial charge on any atom is 0.239 e. The number of likely N-dealkylation sites (tertiary alicyclic amines) is 1. The van der Waals surface area contributed by atoms with E-state index >= 15 is 0 Å². The Morgan fingerprint density at radius 3 is 3.08 bits per heavy atom. The van der Waals surface area contributed by atoms with E-state index in [4.69, 9.17) is 0 Å². The number of hydrogen-bond acceptors (Lipinski definition) is 4. The van der Waals surface area contributed by atoms with E-state index in [0.717, 1.165) is 49.2 Å². The monoisotopic (exact) mass is 354 g/mol. The van der Waals surface area contributed by atoms with Gasteiger partial charge in [0, 0.05) is 23.8 Å². The van der Waals surface area contributed by atoms with E-state index in [1.165, 1.54) is 10.6 Å². The highest BCUT2D eigenvalue weighted by atomic mass is 32.1. The number of nitrogens with zero attached hydrogens (tertiary/aromatic N) is 3. The van der Waals surface area contributed by atoms with Crippen molar-refractivity contribution in [2.75, 3.05) is 18.4 Å². The van der Waals surface area contributed by atoms with E-state index < -0.39 is 0 Å². The van der Waals surface area contributed by atoms with Crippen LogP contribution in [0.3, 0.4) is 0 Å². The first-order chi connectivity index (χ1) is 12.2. The highest BCUT2D eigenvalue weighted by Crippen LogP contribution is 2.38. The summed E-state index contributed by atoms with van der Waals surface area (Å²) in [6, 6.07) is 6.78. The predicted octanol–water partition coefficient (Wildman–Crippen LogP) is 3.22. The van der Waals surface area contributed by atoms with E-state index in [1.807, 2.05) is 0 Å². The molecule has 130 valence electrons. The molecule has 1 aliphatic heterocycles. The molecule has 1 saturated heterocycles. The van der Waals surface area contributed by atoms with Crippen LogP contribution in [-0.4, -0.2) is 28.5 Å². The average Bonchev–Trinajstić information content (AvgIpc) is 3.32. The first-order valence-electron chi connectivity index (χ1n) is 8.87. The molecule has 6 heteroatoms. The van der Waals surface area contributed by atoms with E-state index in [0.29, 0.717) is 18.2 Å². The van der Waals surface area contributed by atoms with E-state index in [1.54, 1.807) is 11.3 Å². The Hall–Kier alpha value is -2.10. The van der Waals surface area contributed by atoms with Gasteiger partial charge in [0.25, 0.3) is 0 Å². The second-order valence-corrected chi connectivity index (χ2v) is 8.00. The Morgan fingerprint density at radius 2 is 2.32 bits per heavy atom. The number of anilines is 1. The number of aryl methyl sites for hydroxylation is 2. The standard InChI is InChI=1S/C19H22N4OS/c1-22-9-3-6-15(22)16-7-4-10-23(16)12-18(24)21-19-14(11-20)13-5-2-8-17(13)25-19/h3,6,9,16H,2,4-5,7-8,10,12H2,1H3,(H,21,24)/t16-/m1/s1. The molecule has 4 rings (SSSR count). The zero-order valence-electron chi connectivity index (χ0n) is 14.4. The lowest BCUT2D eigenvalue weighted by molar-refractivity contribution is -0.117. The summed E-state index contributed by atoms with van der Waals surface area (Å²) in [7, 11) is 2.05. The SMILES string of the molecule is Cn1cccc1[C@H]1CCCN1CC(=O)Nc1sc2c(c1C#N)CCC2. The number of nitrogens with one attached hydrogen (secondary N) is 1. The molecule has 1 amide bonds. The van der Waals surface area contributed by atoms with Crippen LogP contribution < -0.4 is 5.32 Å². The minimum absolute atomic E-state index is 0.0162. The summed E-state index contributed by atoms with van der Waals surface area (Å²) >= 11 is 1.58. The summed E-state index contributed by atoms with van der Waals surface area (Å²) < 4.78 is 2.14. The van der Waals surface area contributed by atoms with Gasteiger partial charge in [-0.1, -0.05) is 0 Å². The quantitative estimate of drug-likeness (QED) is 0.917. The predicted molar refractivity (Wildman–Crippen MR) is 98.6 cm³/mol. The van der Waals surface area contributed by atoms with Crippen LogP contribution in [0.2, 0.25) is 0 Å². The van der Waals surface area contributed by atoms with Crippen LogP contribution in [-0.2, 0) is 24.7 Å². The lowest BCUT2D eigenvalue weighted by Gasteiger charge is -2.24. The van der Waals surface area contributed by atoms with Gasteiger partial charge in [-0.05, 0) is 56.3 Å². The molecular formula is C19H22N4OS. The lowest BCUT2D eigenvalue weighted by Crippen LogP contribution is -2.33. The lowest BCUT2D eigenvalue weighted by atomic mass is 10.1. The molecule has 0 bridgehead atoms. The van der Waals surface area contributed by atoms with E-state index in [9.17, 15) is 10.1 Å². The summed E-state index contributed by atoms with van der Waals surface area (Å²) in [5.41, 5.74) is 3.11. The van der Waals surface area contributed by atoms with Gasteiger partial charge in [-0.25, -0.2) is 0 Å². The number of carbonyl (C=O) groups is 1. The number of fused-ring (bicyclic) bond motifs is 1. The van der Waals surface area contributed by atoms with Crippen molar-refractivity contribution in [1.82, 2.24) is 9.47 Å². The Labute approximate surface area is 151 Å². The summed E-state index contributed by atoms with van der Waals surface area (Å²) in [4.78, 5) is 16.1. The fourth-order valence-electron chi connectivity index (χ4n) is 4.13. The van der Waals surface area contributed by atoms with E-state index in [2.05, 4.69) is 46.2 Å². The maximum absolute atomic E-state index is 12.6. The molecule has 1 fully saturated rings. The Morgan fingerprint density at radius 1 is 1.44 bits per heavy atom. The van der Waals surface area contributed by atoms with Crippen molar-refractivity contribution < 1.29 is 4.79 Å². The van der Waals surface area contributed by atoms with Crippen LogP contribution in [0.1, 0.15) is 47.0 Å². The van der Waals surface area contributed by atoms with Gasteiger partial charge >= 0.3 is 0 Å². The summed E-state index contributed by atoms with van der Waals surface area (Å²) in [5, 5.41) is 13.2. The molecule has 0 aromatic carbocycles. The fraction of sp³-hybridized carbons (Fsp3) is 0.474. The fourth-order valence-corrected chi connectivity index (χ4v) is 5.39. The van der Waals surface area contributed by atoms with Gasteiger partial charge in [0.15, 0.2) is 0 Å². The van der Waals surface area contributed by atoms with Crippen molar-refractivity contribution in [2.24, 2.45) is 7.05 Å². The molecule has 0 spiro atoms. The van der Waals surface area contributed by atoms with Crippen LogP contribution in [0, 0.1) is 11.3 Å². The third-order valence-electron chi connectivity index (χ3n) is 5.32. The summed E-state index contributed by atoms with van der Waals surface area (Å²) in [5.74, 6) is -0.0162. The van der Waals surface area contributed by atoms with Gasteiger partial charge in [0.2, 0.25) is 5.91 Å². The van der Waals surface area contributed by atoms with Gasteiger partial charge in [-0.15, -0.1) is 11.3 Å². The molecule has 3 heterocycles. The van der Waals surface area contributed by atoms with Crippen LogP contribution >= 0.6 is 11.3 Å². The molecule has 1 N–H and O–H groups in total. The number of thiophene rings is 1. The van der Waals surface area contributed by atoms with Gasteiger partial charge in [0.05, 0.1) is 18.2 Å². The number of carbonyl (C=O) groups excluding carboxylic acids is 1. The van der Waals surface area contributed by atoms with Crippen molar-refractivity contribution in [3.63, 3.8) is 0 Å². The summed E-state index contributed by atoms with van der Waals surface area (Å²) in [6.07, 6.45) is 7.37. The number of aromatic nitrogens is 1. The van der Waals surface area contributed by atoms with Gasteiger partial charge in [0.1, 0.15) is 11.1 Å². The zero-order chi connectivity index (χ0) is 17.4. The minimum Gasteiger partial charge on any atom is -0.353 e. The zero-order valence-corrected chi connectivity index (χ0v) is 15.2. The highest BCUT2D eigenvalue weighted by molar-refractivity contribution is 7.16. The second kappa shape index (κ2) is 6.66. The van der Waals surface area contributed by atoms with Gasteiger partial charge < -0.3 is 9.88 Å². The number of rotatable bonds is 4. The van der Waals surface area contributed by atoms with Crippen LogP contribution in [0.4, 0.5) is 5.00 Å².